The molecule has 2 N–H and O–H groups in total. The van der Waals surface area contributed by atoms with E-state index in [1.54, 1.807) is 41.0 Å². The first-order valence-electron chi connectivity index (χ1n) is 12.5. The van der Waals surface area contributed by atoms with Gasteiger partial charge in [0.1, 0.15) is 11.7 Å². The van der Waals surface area contributed by atoms with E-state index in [2.05, 4.69) is 10.3 Å². The van der Waals surface area contributed by atoms with Crippen LogP contribution in [0.25, 0.3) is 6.08 Å². The summed E-state index contributed by atoms with van der Waals surface area (Å²) in [6.07, 6.45) is 5.10. The molecular weight excluding hydrogens is 468 g/mol. The van der Waals surface area contributed by atoms with Crippen LogP contribution in [0.1, 0.15) is 53.2 Å². The van der Waals surface area contributed by atoms with Crippen molar-refractivity contribution in [1.82, 2.24) is 19.8 Å². The summed E-state index contributed by atoms with van der Waals surface area (Å²) >= 11 is 0. The molecule has 4 heterocycles. The number of nitrogens with one attached hydrogen (secondary N) is 1. The molecule has 5 rings (SSSR count). The molecular formula is C29H30N4O4. The number of aromatic nitrogens is 2. The van der Waals surface area contributed by atoms with E-state index in [0.29, 0.717) is 17.8 Å². The molecule has 0 unspecified atom stereocenters. The maximum absolute atomic E-state index is 13.9. The largest absolute Gasteiger partial charge is 0.396 e. The lowest BCUT2D eigenvalue weighted by molar-refractivity contribution is -0.127. The van der Waals surface area contributed by atoms with Gasteiger partial charge < -0.3 is 19.9 Å². The highest BCUT2D eigenvalue weighted by Gasteiger charge is 2.57. The molecule has 3 aromatic rings. The normalized spacial score (nSPS) is 23.1. The number of amides is 2. The molecule has 1 aromatic carbocycles. The van der Waals surface area contributed by atoms with Gasteiger partial charge >= 0.3 is 0 Å². The van der Waals surface area contributed by atoms with Crippen LogP contribution in [0.5, 0.6) is 0 Å². The summed E-state index contributed by atoms with van der Waals surface area (Å²) in [5, 5.41) is 13.6. The standard InChI is InChI=1S/C29H30N4O4/c1-3-9-20-13-14-24-25-21(16-32(24)28(20)36)22(17-34)26(33(25)29(37)23-12-7-8-15-30-23)27(35)31-18(2)19-10-5-4-6-11-19/h3-15,18,21-22,25-26,34H,16-17H2,1-2H3,(H,31,35)/b9-3-/t18-,21+,22+,25-,26+/m1/s1. The second kappa shape index (κ2) is 10.1. The quantitative estimate of drug-likeness (QED) is 0.544. The molecule has 0 spiro atoms. The average Bonchev–Trinajstić information content (AvgIpc) is 3.46. The van der Waals surface area contributed by atoms with Gasteiger partial charge in [0.05, 0.1) is 12.1 Å². The van der Waals surface area contributed by atoms with E-state index in [9.17, 15) is 19.5 Å². The van der Waals surface area contributed by atoms with Crippen molar-refractivity contribution in [2.45, 2.75) is 38.5 Å². The van der Waals surface area contributed by atoms with Crippen LogP contribution in [0, 0.1) is 11.8 Å². The van der Waals surface area contributed by atoms with Crippen molar-refractivity contribution in [2.24, 2.45) is 11.8 Å². The lowest BCUT2D eigenvalue weighted by Gasteiger charge is -2.31. The molecule has 37 heavy (non-hydrogen) atoms. The highest BCUT2D eigenvalue weighted by Crippen LogP contribution is 2.49. The van der Waals surface area contributed by atoms with Crippen LogP contribution in [0.2, 0.25) is 0 Å². The number of rotatable bonds is 6. The third-order valence-corrected chi connectivity index (χ3v) is 7.50. The SMILES string of the molecule is C/C=C\c1ccc2n(c1=O)C[C@H]1[C@H](CO)[C@@H](C(=O)N[C@H](C)c3ccccc3)N(C(=O)c3ccccn3)[C@@H]21. The highest BCUT2D eigenvalue weighted by molar-refractivity contribution is 5.97. The van der Waals surface area contributed by atoms with Gasteiger partial charge in [0, 0.05) is 42.4 Å². The lowest BCUT2D eigenvalue weighted by Crippen LogP contribution is -2.51. The number of fused-ring (bicyclic) bond motifs is 3. The predicted molar refractivity (Wildman–Crippen MR) is 139 cm³/mol. The van der Waals surface area contributed by atoms with E-state index in [1.165, 1.54) is 11.1 Å². The number of nitrogens with zero attached hydrogens (tertiary/aromatic N) is 3. The van der Waals surface area contributed by atoms with E-state index >= 15 is 0 Å². The fraction of sp³-hybridized carbons (Fsp3) is 0.310. The van der Waals surface area contributed by atoms with Gasteiger partial charge in [-0.15, -0.1) is 0 Å². The average molecular weight is 499 g/mol. The smallest absolute Gasteiger partial charge is 0.273 e. The number of pyridine rings is 2. The van der Waals surface area contributed by atoms with Gasteiger partial charge in [-0.2, -0.15) is 0 Å². The van der Waals surface area contributed by atoms with E-state index in [1.807, 2.05) is 50.2 Å². The molecule has 2 aliphatic heterocycles. The summed E-state index contributed by atoms with van der Waals surface area (Å²) in [6, 6.07) is 16.5. The maximum Gasteiger partial charge on any atom is 0.273 e. The number of aliphatic hydroxyl groups is 1. The summed E-state index contributed by atoms with van der Waals surface area (Å²) in [5.41, 5.74) is 2.22. The zero-order valence-corrected chi connectivity index (χ0v) is 20.8. The summed E-state index contributed by atoms with van der Waals surface area (Å²) in [4.78, 5) is 46.6. The number of allylic oxidation sites excluding steroid dienone is 1. The Kier molecular flexibility index (Phi) is 6.76. The minimum Gasteiger partial charge on any atom is -0.396 e. The first kappa shape index (κ1) is 24.6. The molecule has 0 saturated carbocycles. The number of carbonyl (C=O) groups is 2. The Morgan fingerprint density at radius 1 is 1.14 bits per heavy atom. The summed E-state index contributed by atoms with van der Waals surface area (Å²) < 4.78 is 1.67. The van der Waals surface area contributed by atoms with Crippen LogP contribution in [-0.4, -0.2) is 44.0 Å². The predicted octanol–water partition coefficient (Wildman–Crippen LogP) is 2.96. The van der Waals surface area contributed by atoms with Gasteiger partial charge in [-0.3, -0.25) is 19.4 Å². The third kappa shape index (κ3) is 4.27. The van der Waals surface area contributed by atoms with Crippen molar-refractivity contribution in [3.8, 4) is 0 Å². The van der Waals surface area contributed by atoms with Gasteiger partial charge in [-0.25, -0.2) is 0 Å². The number of benzene rings is 1. The van der Waals surface area contributed by atoms with Crippen molar-refractivity contribution in [3.63, 3.8) is 0 Å². The molecule has 2 aliphatic rings. The molecule has 5 atom stereocenters. The van der Waals surface area contributed by atoms with Gasteiger partial charge in [0.15, 0.2) is 0 Å². The number of hydrogen-bond acceptors (Lipinski definition) is 5. The number of hydrogen-bond donors (Lipinski definition) is 2. The van der Waals surface area contributed by atoms with Gasteiger partial charge in [-0.05, 0) is 43.7 Å². The van der Waals surface area contributed by atoms with Gasteiger partial charge in [-0.1, -0.05) is 48.6 Å². The molecule has 8 nitrogen and oxygen atoms in total. The van der Waals surface area contributed by atoms with Crippen molar-refractivity contribution >= 4 is 17.9 Å². The highest BCUT2D eigenvalue weighted by atomic mass is 16.3. The zero-order valence-electron chi connectivity index (χ0n) is 20.8. The van der Waals surface area contributed by atoms with E-state index < -0.39 is 23.9 Å². The van der Waals surface area contributed by atoms with Crippen molar-refractivity contribution in [2.75, 3.05) is 6.61 Å². The van der Waals surface area contributed by atoms with Crippen molar-refractivity contribution < 1.29 is 14.7 Å². The topological polar surface area (TPSA) is 105 Å². The van der Waals surface area contributed by atoms with Crippen molar-refractivity contribution in [3.05, 3.63) is 106 Å². The van der Waals surface area contributed by atoms with Gasteiger partial charge in [0.25, 0.3) is 11.5 Å². The Balaban J connectivity index is 1.57. The molecule has 0 radical (unpaired) electrons. The van der Waals surface area contributed by atoms with E-state index in [-0.39, 0.29) is 35.7 Å². The molecule has 1 fully saturated rings. The Morgan fingerprint density at radius 2 is 1.89 bits per heavy atom. The summed E-state index contributed by atoms with van der Waals surface area (Å²) in [5.74, 6) is -1.59. The number of carbonyl (C=O) groups excluding carboxylic acids is 2. The Morgan fingerprint density at radius 3 is 2.57 bits per heavy atom. The van der Waals surface area contributed by atoms with Crippen LogP contribution >= 0.6 is 0 Å². The Hall–Kier alpha value is -4.04. The number of likely N-dealkylation sites (tertiary alicyclic amines) is 1. The molecule has 0 bridgehead atoms. The maximum atomic E-state index is 13.9. The first-order valence-corrected chi connectivity index (χ1v) is 12.5. The van der Waals surface area contributed by atoms with Crippen LogP contribution < -0.4 is 10.9 Å². The molecule has 1 saturated heterocycles. The third-order valence-electron chi connectivity index (χ3n) is 7.50. The zero-order chi connectivity index (χ0) is 26.1. The van der Waals surface area contributed by atoms with E-state index in [4.69, 9.17) is 0 Å². The van der Waals surface area contributed by atoms with Crippen LogP contribution in [-0.2, 0) is 11.3 Å². The van der Waals surface area contributed by atoms with Crippen molar-refractivity contribution in [1.29, 1.82) is 0 Å². The minimum absolute atomic E-state index is 0.148. The Bertz CT molecular complexity index is 1390. The minimum atomic E-state index is -0.917. The monoisotopic (exact) mass is 498 g/mol. The van der Waals surface area contributed by atoms with E-state index in [0.717, 1.165) is 5.56 Å². The first-order chi connectivity index (χ1) is 18.0. The molecule has 190 valence electrons. The van der Waals surface area contributed by atoms with Crippen LogP contribution in [0.3, 0.4) is 0 Å². The molecule has 2 aromatic heterocycles. The summed E-state index contributed by atoms with van der Waals surface area (Å²) in [6.45, 7) is 3.76. The second-order valence-electron chi connectivity index (χ2n) is 9.60. The van der Waals surface area contributed by atoms with Gasteiger partial charge in [0.2, 0.25) is 5.91 Å². The fourth-order valence-corrected chi connectivity index (χ4v) is 5.78. The number of aliphatic hydroxyl groups excluding tert-OH is 1. The molecule has 8 heteroatoms. The fourth-order valence-electron chi connectivity index (χ4n) is 5.78. The molecule has 2 amide bonds. The van der Waals surface area contributed by atoms with Crippen LogP contribution in [0.15, 0.2) is 77.7 Å². The lowest BCUT2D eigenvalue weighted by atomic mass is 9.88. The Labute approximate surface area is 215 Å². The summed E-state index contributed by atoms with van der Waals surface area (Å²) in [7, 11) is 0. The van der Waals surface area contributed by atoms with Crippen LogP contribution in [0.4, 0.5) is 0 Å². The second-order valence-corrected chi connectivity index (χ2v) is 9.60. The molecule has 0 aliphatic carbocycles.